The van der Waals surface area contributed by atoms with Gasteiger partial charge in [0.2, 0.25) is 0 Å². The molecular formula is C13H17N3OS. The number of hydrogen-bond donors (Lipinski definition) is 0. The highest BCUT2D eigenvalue weighted by atomic mass is 32.1. The fourth-order valence-electron chi connectivity index (χ4n) is 2.83. The normalized spacial score (nSPS) is 20.7. The topological polar surface area (TPSA) is 42.2 Å². The highest BCUT2D eigenvalue weighted by molar-refractivity contribution is 7.07. The molecule has 18 heavy (non-hydrogen) atoms. The summed E-state index contributed by atoms with van der Waals surface area (Å²) in [7, 11) is 0. The highest BCUT2D eigenvalue weighted by Gasteiger charge is 2.30. The Morgan fingerprint density at radius 1 is 1.50 bits per heavy atom. The molecule has 0 amide bonds. The summed E-state index contributed by atoms with van der Waals surface area (Å²) in [6.45, 7) is 6.10. The van der Waals surface area contributed by atoms with Gasteiger partial charge in [-0.25, -0.2) is 4.98 Å². The van der Waals surface area contributed by atoms with Crippen LogP contribution in [0, 0.1) is 13.8 Å². The van der Waals surface area contributed by atoms with E-state index < -0.39 is 0 Å². The standard InChI is InChI=1S/C13H17N3OS/c1-9-13(10(2)17-15-9)12-4-3-5-16(12)6-11-7-18-8-14-11/h7-8,12H,3-6H2,1-2H3/t12-/m1/s1. The van der Waals surface area contributed by atoms with Crippen LogP contribution in [0.5, 0.6) is 0 Å². The van der Waals surface area contributed by atoms with Crippen LogP contribution in [0.15, 0.2) is 15.4 Å². The van der Waals surface area contributed by atoms with E-state index in [1.807, 2.05) is 19.4 Å². The molecule has 3 heterocycles. The number of nitrogens with zero attached hydrogens (tertiary/aromatic N) is 3. The van der Waals surface area contributed by atoms with E-state index in [0.29, 0.717) is 6.04 Å². The summed E-state index contributed by atoms with van der Waals surface area (Å²) in [6, 6.07) is 0.443. The maximum absolute atomic E-state index is 5.30. The van der Waals surface area contributed by atoms with Crippen molar-refractivity contribution in [2.45, 2.75) is 39.3 Å². The first-order valence-corrected chi connectivity index (χ1v) is 7.24. The summed E-state index contributed by atoms with van der Waals surface area (Å²) in [5.74, 6) is 0.961. The van der Waals surface area contributed by atoms with Crippen molar-refractivity contribution in [3.05, 3.63) is 33.6 Å². The Labute approximate surface area is 111 Å². The average molecular weight is 263 g/mol. The van der Waals surface area contributed by atoms with Gasteiger partial charge in [0.1, 0.15) is 5.76 Å². The van der Waals surface area contributed by atoms with Gasteiger partial charge in [-0.1, -0.05) is 5.16 Å². The third-order valence-electron chi connectivity index (χ3n) is 3.63. The van der Waals surface area contributed by atoms with E-state index in [1.54, 1.807) is 11.3 Å². The fraction of sp³-hybridized carbons (Fsp3) is 0.538. The molecular weight excluding hydrogens is 246 g/mol. The lowest BCUT2D eigenvalue weighted by Gasteiger charge is -2.23. The van der Waals surface area contributed by atoms with Crippen LogP contribution in [0.1, 0.15) is 41.6 Å². The van der Waals surface area contributed by atoms with Crippen molar-refractivity contribution < 1.29 is 4.52 Å². The lowest BCUT2D eigenvalue weighted by Crippen LogP contribution is -2.23. The summed E-state index contributed by atoms with van der Waals surface area (Å²) in [5.41, 5.74) is 5.38. The van der Waals surface area contributed by atoms with Crippen molar-refractivity contribution in [2.75, 3.05) is 6.54 Å². The molecule has 1 atom stereocenters. The molecule has 0 spiro atoms. The Morgan fingerprint density at radius 2 is 2.39 bits per heavy atom. The predicted molar refractivity (Wildman–Crippen MR) is 70.5 cm³/mol. The first-order chi connectivity index (χ1) is 8.75. The minimum atomic E-state index is 0.443. The van der Waals surface area contributed by atoms with Gasteiger partial charge in [-0.3, -0.25) is 4.90 Å². The second-order valence-electron chi connectivity index (χ2n) is 4.85. The Hall–Kier alpha value is -1.20. The maximum atomic E-state index is 5.30. The Morgan fingerprint density at radius 3 is 3.06 bits per heavy atom. The summed E-state index contributed by atoms with van der Waals surface area (Å²) in [6.07, 6.45) is 2.42. The van der Waals surface area contributed by atoms with Crippen molar-refractivity contribution in [1.29, 1.82) is 0 Å². The minimum absolute atomic E-state index is 0.443. The number of aryl methyl sites for hydroxylation is 2. The number of aromatic nitrogens is 2. The average Bonchev–Trinajstić information content (AvgIpc) is 3.04. The van der Waals surface area contributed by atoms with E-state index in [-0.39, 0.29) is 0 Å². The molecule has 0 aliphatic carbocycles. The Balaban J connectivity index is 1.83. The fourth-order valence-corrected chi connectivity index (χ4v) is 3.38. The van der Waals surface area contributed by atoms with Crippen LogP contribution >= 0.6 is 11.3 Å². The third-order valence-corrected chi connectivity index (χ3v) is 4.27. The zero-order valence-electron chi connectivity index (χ0n) is 10.7. The molecule has 0 radical (unpaired) electrons. The Kier molecular flexibility index (Phi) is 3.18. The second-order valence-corrected chi connectivity index (χ2v) is 5.56. The number of likely N-dealkylation sites (tertiary alicyclic amines) is 1. The monoisotopic (exact) mass is 263 g/mol. The zero-order chi connectivity index (χ0) is 12.5. The highest BCUT2D eigenvalue weighted by Crippen LogP contribution is 2.36. The molecule has 2 aromatic rings. The van der Waals surface area contributed by atoms with E-state index in [0.717, 1.165) is 24.5 Å². The van der Waals surface area contributed by atoms with Crippen LogP contribution < -0.4 is 0 Å². The van der Waals surface area contributed by atoms with Gasteiger partial charge in [-0.15, -0.1) is 11.3 Å². The molecule has 0 bridgehead atoms. The van der Waals surface area contributed by atoms with Gasteiger partial charge in [0.05, 0.1) is 16.9 Å². The first kappa shape index (κ1) is 11.9. The Bertz CT molecular complexity index is 501. The van der Waals surface area contributed by atoms with Gasteiger partial charge in [0.25, 0.3) is 0 Å². The SMILES string of the molecule is Cc1noc(C)c1[C@H]1CCCN1Cc1cscn1. The molecule has 1 saturated heterocycles. The lowest BCUT2D eigenvalue weighted by atomic mass is 10.0. The quantitative estimate of drug-likeness (QED) is 0.853. The van der Waals surface area contributed by atoms with Crippen LogP contribution in [0.4, 0.5) is 0 Å². The van der Waals surface area contributed by atoms with Gasteiger partial charge in [0, 0.05) is 23.5 Å². The van der Waals surface area contributed by atoms with E-state index in [9.17, 15) is 0 Å². The number of rotatable bonds is 3. The molecule has 2 aromatic heterocycles. The molecule has 3 rings (SSSR count). The van der Waals surface area contributed by atoms with Crippen LogP contribution in [-0.4, -0.2) is 21.6 Å². The first-order valence-electron chi connectivity index (χ1n) is 6.29. The van der Waals surface area contributed by atoms with Crippen LogP contribution in [-0.2, 0) is 6.54 Å². The molecule has 0 unspecified atom stereocenters. The molecule has 4 nitrogen and oxygen atoms in total. The van der Waals surface area contributed by atoms with Crippen LogP contribution in [0.2, 0.25) is 0 Å². The van der Waals surface area contributed by atoms with Gasteiger partial charge in [-0.05, 0) is 33.2 Å². The molecule has 5 heteroatoms. The van der Waals surface area contributed by atoms with E-state index >= 15 is 0 Å². The molecule has 1 aliphatic rings. The van der Waals surface area contributed by atoms with E-state index in [2.05, 4.69) is 20.4 Å². The summed E-state index contributed by atoms with van der Waals surface area (Å²) < 4.78 is 5.30. The lowest BCUT2D eigenvalue weighted by molar-refractivity contribution is 0.243. The van der Waals surface area contributed by atoms with Crippen molar-refractivity contribution in [3.8, 4) is 0 Å². The number of hydrogen-bond acceptors (Lipinski definition) is 5. The molecule has 1 fully saturated rings. The van der Waals surface area contributed by atoms with Crippen molar-refractivity contribution in [3.63, 3.8) is 0 Å². The van der Waals surface area contributed by atoms with Gasteiger partial charge >= 0.3 is 0 Å². The van der Waals surface area contributed by atoms with Gasteiger partial charge in [-0.2, -0.15) is 0 Å². The summed E-state index contributed by atoms with van der Waals surface area (Å²) >= 11 is 1.66. The van der Waals surface area contributed by atoms with Crippen molar-refractivity contribution >= 4 is 11.3 Å². The van der Waals surface area contributed by atoms with Gasteiger partial charge < -0.3 is 4.52 Å². The zero-order valence-corrected chi connectivity index (χ0v) is 11.5. The molecule has 0 N–H and O–H groups in total. The second kappa shape index (κ2) is 4.82. The molecule has 0 aromatic carbocycles. The maximum Gasteiger partial charge on any atom is 0.138 e. The van der Waals surface area contributed by atoms with Crippen LogP contribution in [0.3, 0.4) is 0 Å². The molecule has 0 saturated carbocycles. The molecule has 1 aliphatic heterocycles. The largest absolute Gasteiger partial charge is 0.361 e. The van der Waals surface area contributed by atoms with Crippen molar-refractivity contribution in [1.82, 2.24) is 15.0 Å². The number of thiazole rings is 1. The van der Waals surface area contributed by atoms with Gasteiger partial charge in [0.15, 0.2) is 0 Å². The van der Waals surface area contributed by atoms with E-state index in [1.165, 1.54) is 24.1 Å². The smallest absolute Gasteiger partial charge is 0.138 e. The third kappa shape index (κ3) is 2.08. The van der Waals surface area contributed by atoms with Crippen molar-refractivity contribution in [2.24, 2.45) is 0 Å². The van der Waals surface area contributed by atoms with E-state index in [4.69, 9.17) is 4.52 Å². The summed E-state index contributed by atoms with van der Waals surface area (Å²) in [5, 5.41) is 6.20. The minimum Gasteiger partial charge on any atom is -0.361 e. The van der Waals surface area contributed by atoms with Crippen LogP contribution in [0.25, 0.3) is 0 Å². The molecule has 96 valence electrons. The predicted octanol–water partition coefficient (Wildman–Crippen LogP) is 3.09. The summed E-state index contributed by atoms with van der Waals surface area (Å²) in [4.78, 5) is 6.87.